The zero-order valence-electron chi connectivity index (χ0n) is 34.2. The Morgan fingerprint density at radius 3 is 1.91 bits per heavy atom. The molecule has 1 rings (SSSR count). The van der Waals surface area contributed by atoms with Crippen LogP contribution in [0.15, 0.2) is 24.3 Å². The van der Waals surface area contributed by atoms with Crippen molar-refractivity contribution >= 4 is 47.7 Å². The minimum Gasteiger partial charge on any atom is -0.481 e. The molecule has 0 aliphatic rings. The Kier molecular flexibility index (Phi) is 21.6. The molecule has 0 bridgehead atoms. The fourth-order valence-electron chi connectivity index (χ4n) is 5.74. The maximum atomic E-state index is 14.2. The van der Waals surface area contributed by atoms with Crippen LogP contribution in [0, 0.1) is 24.2 Å². The molecule has 0 radical (unpaired) electrons. The Bertz CT molecular complexity index is 1490. The molecule has 1 aromatic carbocycles. The van der Waals surface area contributed by atoms with E-state index < -0.39 is 96.5 Å². The Hall–Kier alpha value is -4.86. The van der Waals surface area contributed by atoms with E-state index in [1.807, 2.05) is 32.9 Å². The maximum absolute atomic E-state index is 14.2. The van der Waals surface area contributed by atoms with E-state index in [1.165, 1.54) is 0 Å². The highest BCUT2D eigenvalue weighted by molar-refractivity contribution is 5.97. The summed E-state index contributed by atoms with van der Waals surface area (Å²) in [5.74, 6) is -5.76. The highest BCUT2D eigenvalue weighted by Crippen LogP contribution is 2.21. The van der Waals surface area contributed by atoms with E-state index in [2.05, 4.69) is 31.9 Å². The lowest BCUT2D eigenvalue weighted by atomic mass is 9.85. The van der Waals surface area contributed by atoms with E-state index in [0.717, 1.165) is 30.3 Å². The second-order valence-corrected chi connectivity index (χ2v) is 15.9. The topological polar surface area (TPSA) is 249 Å². The van der Waals surface area contributed by atoms with Crippen molar-refractivity contribution in [2.45, 2.75) is 137 Å². The second-order valence-electron chi connectivity index (χ2n) is 15.9. The number of carboxylic acids is 1. The van der Waals surface area contributed by atoms with Crippen LogP contribution in [0.25, 0.3) is 0 Å². The summed E-state index contributed by atoms with van der Waals surface area (Å²) >= 11 is 0. The van der Waals surface area contributed by atoms with Crippen LogP contribution >= 0.6 is 0 Å². The van der Waals surface area contributed by atoms with Crippen LogP contribution in [0.2, 0.25) is 0 Å². The van der Waals surface area contributed by atoms with E-state index >= 15 is 0 Å². The number of carbonyl (C=O) groups is 8. The van der Waals surface area contributed by atoms with Gasteiger partial charge in [0.2, 0.25) is 35.4 Å². The van der Waals surface area contributed by atoms with Crippen LogP contribution in [-0.4, -0.2) is 101 Å². The van der Waals surface area contributed by atoms with E-state index in [0.29, 0.717) is 25.8 Å². The van der Waals surface area contributed by atoms with Gasteiger partial charge in [0.05, 0.1) is 13.0 Å². The Balaban J connectivity index is 3.33. The number of hydrogen-bond donors (Lipinski definition) is 8. The molecular formula is C40H64N6O10. The molecule has 0 aromatic heterocycles. The van der Waals surface area contributed by atoms with Gasteiger partial charge in [-0.3, -0.25) is 33.6 Å². The quantitative estimate of drug-likeness (QED) is 0.0523. The molecule has 8 N–H and O–H groups in total. The third-order valence-corrected chi connectivity index (χ3v) is 9.02. The van der Waals surface area contributed by atoms with Crippen LogP contribution < -0.4 is 31.9 Å². The number of amides is 6. The number of aliphatic carboxylic acids is 1. The molecule has 314 valence electrons. The predicted molar refractivity (Wildman–Crippen MR) is 210 cm³/mol. The Labute approximate surface area is 330 Å². The predicted octanol–water partition coefficient (Wildman–Crippen LogP) is 1.44. The van der Waals surface area contributed by atoms with Gasteiger partial charge in [-0.1, -0.05) is 79.2 Å². The zero-order valence-corrected chi connectivity index (χ0v) is 34.2. The van der Waals surface area contributed by atoms with Gasteiger partial charge in [0, 0.05) is 25.8 Å². The number of benzene rings is 1. The lowest BCUT2D eigenvalue weighted by Gasteiger charge is -2.34. The number of aldehydes is 1. The lowest BCUT2D eigenvalue weighted by molar-refractivity contribution is -0.139. The molecule has 0 heterocycles. The number of nitrogens with one attached hydrogen (secondary N) is 6. The molecule has 16 nitrogen and oxygen atoms in total. The number of aliphatic hydroxyl groups excluding tert-OH is 1. The van der Waals surface area contributed by atoms with Gasteiger partial charge < -0.3 is 46.9 Å². The van der Waals surface area contributed by atoms with Crippen molar-refractivity contribution in [3.8, 4) is 0 Å². The van der Waals surface area contributed by atoms with Crippen LogP contribution in [-0.2, 0) is 44.8 Å². The molecule has 56 heavy (non-hydrogen) atoms. The summed E-state index contributed by atoms with van der Waals surface area (Å²) < 4.78 is 0. The average molecular weight is 789 g/mol. The smallest absolute Gasteiger partial charge is 0.303 e. The summed E-state index contributed by atoms with van der Waals surface area (Å²) in [5.41, 5.74) is 0.727. The highest BCUT2D eigenvalue weighted by atomic mass is 16.4. The third kappa shape index (κ3) is 18.2. The largest absolute Gasteiger partial charge is 0.481 e. The molecule has 0 aliphatic heterocycles. The van der Waals surface area contributed by atoms with Gasteiger partial charge in [0.25, 0.3) is 0 Å². The van der Waals surface area contributed by atoms with Crippen LogP contribution in [0.3, 0.4) is 0 Å². The third-order valence-electron chi connectivity index (χ3n) is 9.02. The monoisotopic (exact) mass is 788 g/mol. The first-order valence-corrected chi connectivity index (χ1v) is 19.3. The van der Waals surface area contributed by atoms with Crippen molar-refractivity contribution in [3.63, 3.8) is 0 Å². The van der Waals surface area contributed by atoms with Gasteiger partial charge in [-0.05, 0) is 54.6 Å². The van der Waals surface area contributed by atoms with E-state index in [9.17, 15) is 43.5 Å². The molecule has 0 saturated heterocycles. The fraction of sp³-hybridized carbons (Fsp3) is 0.650. The molecule has 5 atom stereocenters. The lowest BCUT2D eigenvalue weighted by Crippen LogP contribution is -2.62. The van der Waals surface area contributed by atoms with Crippen molar-refractivity contribution < 1.29 is 48.6 Å². The van der Waals surface area contributed by atoms with E-state index in [-0.39, 0.29) is 18.2 Å². The summed E-state index contributed by atoms with van der Waals surface area (Å²) in [6, 6.07) is 1.28. The maximum Gasteiger partial charge on any atom is 0.303 e. The van der Waals surface area contributed by atoms with Crippen molar-refractivity contribution in [3.05, 3.63) is 35.4 Å². The fourth-order valence-corrected chi connectivity index (χ4v) is 5.74. The molecular weight excluding hydrogens is 724 g/mol. The van der Waals surface area contributed by atoms with Crippen molar-refractivity contribution in [2.24, 2.45) is 17.3 Å². The van der Waals surface area contributed by atoms with Crippen molar-refractivity contribution in [2.75, 3.05) is 13.2 Å². The first-order valence-electron chi connectivity index (χ1n) is 19.3. The SMILES string of the molecule is Cc1ccccc1C[C@H](NC(=O)[C@H](NC(=O)[C@H](CO)NC(=O)CCC(=O)O)C(C)C)C(=O)N[C@H](C(=O)N[C@@H](CC(C)C)C(=O)NCCCCCC=O)C(C)(C)C. The summed E-state index contributed by atoms with van der Waals surface area (Å²) in [6.07, 6.45) is 2.92. The minimum atomic E-state index is -1.47. The van der Waals surface area contributed by atoms with Gasteiger partial charge in [0.1, 0.15) is 36.5 Å². The van der Waals surface area contributed by atoms with Crippen molar-refractivity contribution in [1.82, 2.24) is 31.9 Å². The first kappa shape index (κ1) is 49.2. The second kappa shape index (κ2) is 24.6. The van der Waals surface area contributed by atoms with Crippen LogP contribution in [0.4, 0.5) is 0 Å². The van der Waals surface area contributed by atoms with Crippen LogP contribution in [0.1, 0.15) is 105 Å². The summed E-state index contributed by atoms with van der Waals surface area (Å²) in [5, 5.41) is 34.7. The Morgan fingerprint density at radius 2 is 1.36 bits per heavy atom. The van der Waals surface area contributed by atoms with Crippen molar-refractivity contribution in [1.29, 1.82) is 0 Å². The number of aliphatic hydroxyl groups is 1. The normalized spacial score (nSPS) is 14.1. The number of rotatable bonds is 25. The molecule has 0 spiro atoms. The molecule has 1 aromatic rings. The van der Waals surface area contributed by atoms with Crippen LogP contribution in [0.5, 0.6) is 0 Å². The van der Waals surface area contributed by atoms with Gasteiger partial charge in [0.15, 0.2) is 0 Å². The summed E-state index contributed by atoms with van der Waals surface area (Å²) in [6.45, 7) is 13.8. The van der Waals surface area contributed by atoms with Gasteiger partial charge in [-0.25, -0.2) is 0 Å². The van der Waals surface area contributed by atoms with Gasteiger partial charge in [-0.2, -0.15) is 0 Å². The summed E-state index contributed by atoms with van der Waals surface area (Å²) in [4.78, 5) is 102. The Morgan fingerprint density at radius 1 is 0.732 bits per heavy atom. The van der Waals surface area contributed by atoms with Gasteiger partial charge in [-0.15, -0.1) is 0 Å². The highest BCUT2D eigenvalue weighted by Gasteiger charge is 2.38. The first-order chi connectivity index (χ1) is 26.2. The molecule has 0 saturated carbocycles. The molecule has 0 fully saturated rings. The molecule has 6 amide bonds. The molecule has 16 heteroatoms. The van der Waals surface area contributed by atoms with E-state index in [1.54, 1.807) is 46.8 Å². The molecule has 0 unspecified atom stereocenters. The zero-order chi connectivity index (χ0) is 42.6. The number of unbranched alkanes of at least 4 members (excludes halogenated alkanes) is 3. The van der Waals surface area contributed by atoms with Gasteiger partial charge >= 0.3 is 5.97 Å². The minimum absolute atomic E-state index is 0.0195. The number of carbonyl (C=O) groups excluding carboxylic acids is 7. The number of carboxylic acid groups (broad SMARTS) is 1. The number of aryl methyl sites for hydroxylation is 1. The summed E-state index contributed by atoms with van der Waals surface area (Å²) in [7, 11) is 0. The average Bonchev–Trinajstić information content (AvgIpc) is 3.11. The number of hydrogen-bond acceptors (Lipinski definition) is 9. The molecule has 0 aliphatic carbocycles. The standard InChI is InChI=1S/C40H64N6O10/c1-24(2)21-28(35(52)41-19-13-9-10-14-20-47)44-39(56)34(40(6,7)8)46-36(53)29(22-27-16-12-11-15-26(27)5)43-38(55)33(25(3)4)45-37(54)30(23-48)42-31(49)17-18-32(50)51/h11-12,15-16,20,24-25,28-30,33-34,48H,9-10,13-14,17-19,21-23H2,1-8H3,(H,41,52)(H,42,49)(H,43,55)(H,44,56)(H,45,54)(H,46,53)(H,50,51)/t28-,29-,30-,33+,34+/m0/s1. The van der Waals surface area contributed by atoms with E-state index in [4.69, 9.17) is 5.11 Å².